The van der Waals surface area contributed by atoms with Crippen LogP contribution in [0.25, 0.3) is 0 Å². The second-order valence-corrected chi connectivity index (χ2v) is 7.10. The van der Waals surface area contributed by atoms with E-state index >= 15 is 0 Å². The first-order valence-corrected chi connectivity index (χ1v) is 7.64. The molecule has 0 saturated carbocycles. The summed E-state index contributed by atoms with van der Waals surface area (Å²) >= 11 is 0. The second-order valence-electron chi connectivity index (χ2n) is 7.10. The van der Waals surface area contributed by atoms with Crippen LogP contribution < -0.4 is 5.32 Å². The summed E-state index contributed by atoms with van der Waals surface area (Å²) in [5, 5.41) is 12.3. The third-order valence-electron chi connectivity index (χ3n) is 3.29. The van der Waals surface area contributed by atoms with Crippen molar-refractivity contribution in [2.75, 3.05) is 6.61 Å². The summed E-state index contributed by atoms with van der Waals surface area (Å²) in [5.74, 6) is 1.31. The number of aromatic nitrogens is 2. The van der Waals surface area contributed by atoms with Gasteiger partial charge in [0, 0.05) is 31.3 Å². The van der Waals surface area contributed by atoms with Gasteiger partial charge < -0.3 is 15.0 Å². The molecule has 0 radical (unpaired) electrons. The summed E-state index contributed by atoms with van der Waals surface area (Å²) in [4.78, 5) is 16.3. The van der Waals surface area contributed by atoms with Crippen molar-refractivity contribution in [1.82, 2.24) is 14.9 Å². The van der Waals surface area contributed by atoms with Crippen LogP contribution in [0.15, 0.2) is 12.4 Å². The molecule has 0 aromatic carbocycles. The van der Waals surface area contributed by atoms with Crippen LogP contribution in [0, 0.1) is 5.41 Å². The highest BCUT2D eigenvalue weighted by Crippen LogP contribution is 2.20. The third kappa shape index (κ3) is 6.29. The van der Waals surface area contributed by atoms with Crippen molar-refractivity contribution in [3.63, 3.8) is 0 Å². The number of aliphatic hydroxyl groups is 1. The van der Waals surface area contributed by atoms with Gasteiger partial charge in [0.1, 0.15) is 5.82 Å². The average Bonchev–Trinajstić information content (AvgIpc) is 2.82. The van der Waals surface area contributed by atoms with Crippen molar-refractivity contribution < 1.29 is 9.90 Å². The van der Waals surface area contributed by atoms with Crippen LogP contribution in [-0.4, -0.2) is 33.2 Å². The lowest BCUT2D eigenvalue weighted by Crippen LogP contribution is -2.40. The van der Waals surface area contributed by atoms with E-state index in [0.717, 1.165) is 12.2 Å². The molecular formula is C16H29N3O2. The largest absolute Gasteiger partial charge is 0.394 e. The van der Waals surface area contributed by atoms with Crippen LogP contribution in [0.3, 0.4) is 0 Å². The fourth-order valence-corrected chi connectivity index (χ4v) is 2.43. The van der Waals surface area contributed by atoms with Crippen molar-refractivity contribution in [3.8, 4) is 0 Å². The molecule has 21 heavy (non-hydrogen) atoms. The molecule has 1 heterocycles. The van der Waals surface area contributed by atoms with Gasteiger partial charge in [-0.15, -0.1) is 0 Å². The number of carbonyl (C=O) groups excluding carboxylic acids is 1. The van der Waals surface area contributed by atoms with E-state index in [1.807, 2.05) is 10.8 Å². The van der Waals surface area contributed by atoms with Gasteiger partial charge in [-0.05, 0) is 11.8 Å². The SMILES string of the molecule is CC(C)c1nccn1CCC(=O)NC(CO)CC(C)(C)C. The maximum Gasteiger partial charge on any atom is 0.222 e. The second kappa shape index (κ2) is 7.59. The number of aliphatic hydroxyl groups excluding tert-OH is 1. The van der Waals surface area contributed by atoms with Crippen LogP contribution in [0.2, 0.25) is 0 Å². The normalized spacial score (nSPS) is 13.5. The molecule has 1 aromatic heterocycles. The van der Waals surface area contributed by atoms with Crippen LogP contribution in [0.5, 0.6) is 0 Å². The van der Waals surface area contributed by atoms with E-state index in [1.54, 1.807) is 6.20 Å². The van der Waals surface area contributed by atoms with E-state index in [2.05, 4.69) is 44.9 Å². The van der Waals surface area contributed by atoms with Gasteiger partial charge in [0.25, 0.3) is 0 Å². The minimum absolute atomic E-state index is 0.0225. The molecule has 1 rings (SSSR count). The van der Waals surface area contributed by atoms with E-state index in [4.69, 9.17) is 0 Å². The van der Waals surface area contributed by atoms with Gasteiger partial charge in [0.2, 0.25) is 5.91 Å². The molecule has 0 aliphatic heterocycles. The third-order valence-corrected chi connectivity index (χ3v) is 3.29. The minimum Gasteiger partial charge on any atom is -0.394 e. The Morgan fingerprint density at radius 1 is 1.43 bits per heavy atom. The number of aryl methyl sites for hydroxylation is 1. The molecule has 5 heteroatoms. The topological polar surface area (TPSA) is 67.2 Å². The molecule has 1 unspecified atom stereocenters. The van der Waals surface area contributed by atoms with Crippen LogP contribution in [-0.2, 0) is 11.3 Å². The summed E-state index contributed by atoms with van der Waals surface area (Å²) in [7, 11) is 0. The Kier molecular flexibility index (Phi) is 6.40. The maximum atomic E-state index is 12.0. The summed E-state index contributed by atoms with van der Waals surface area (Å²) in [6, 6.07) is -0.176. The molecular weight excluding hydrogens is 266 g/mol. The van der Waals surface area contributed by atoms with Crippen molar-refractivity contribution >= 4 is 5.91 Å². The molecule has 0 bridgehead atoms. The van der Waals surface area contributed by atoms with Gasteiger partial charge in [0.15, 0.2) is 0 Å². The van der Waals surface area contributed by atoms with Crippen LogP contribution >= 0.6 is 0 Å². The summed E-state index contributed by atoms with van der Waals surface area (Å²) < 4.78 is 2.02. The number of nitrogens with one attached hydrogen (secondary N) is 1. The number of rotatable bonds is 7. The lowest BCUT2D eigenvalue weighted by molar-refractivity contribution is -0.122. The molecule has 5 nitrogen and oxygen atoms in total. The zero-order valence-corrected chi connectivity index (χ0v) is 13.9. The van der Waals surface area contributed by atoms with Gasteiger partial charge in [0.05, 0.1) is 12.6 Å². The highest BCUT2D eigenvalue weighted by atomic mass is 16.3. The summed E-state index contributed by atoms with van der Waals surface area (Å²) in [6.45, 7) is 11.1. The fraction of sp³-hybridized carbons (Fsp3) is 0.750. The lowest BCUT2D eigenvalue weighted by Gasteiger charge is -2.25. The molecule has 0 spiro atoms. The van der Waals surface area contributed by atoms with Crippen molar-refractivity contribution in [1.29, 1.82) is 0 Å². The van der Waals surface area contributed by atoms with Crippen molar-refractivity contribution in [2.45, 2.75) is 66.0 Å². The Morgan fingerprint density at radius 2 is 2.10 bits per heavy atom. The Labute approximate surface area is 127 Å². The number of amides is 1. The molecule has 0 aliphatic carbocycles. The van der Waals surface area contributed by atoms with Crippen molar-refractivity contribution in [2.24, 2.45) is 5.41 Å². The van der Waals surface area contributed by atoms with Gasteiger partial charge >= 0.3 is 0 Å². The number of hydrogen-bond acceptors (Lipinski definition) is 3. The molecule has 1 atom stereocenters. The van der Waals surface area contributed by atoms with Gasteiger partial charge in [-0.2, -0.15) is 0 Å². The van der Waals surface area contributed by atoms with E-state index in [-0.39, 0.29) is 24.0 Å². The average molecular weight is 295 g/mol. The van der Waals surface area contributed by atoms with E-state index < -0.39 is 0 Å². The zero-order valence-electron chi connectivity index (χ0n) is 13.9. The van der Waals surface area contributed by atoms with Crippen molar-refractivity contribution in [3.05, 3.63) is 18.2 Å². The number of imidazole rings is 1. The Bertz CT molecular complexity index is 447. The summed E-state index contributed by atoms with van der Waals surface area (Å²) in [5.41, 5.74) is 0.0792. The summed E-state index contributed by atoms with van der Waals surface area (Å²) in [6.07, 6.45) is 4.83. The predicted molar refractivity (Wildman–Crippen MR) is 84.0 cm³/mol. The van der Waals surface area contributed by atoms with E-state index in [0.29, 0.717) is 18.9 Å². The first kappa shape index (κ1) is 17.7. The fourth-order valence-electron chi connectivity index (χ4n) is 2.43. The quantitative estimate of drug-likeness (QED) is 0.811. The Balaban J connectivity index is 2.48. The smallest absolute Gasteiger partial charge is 0.222 e. The standard InChI is InChI=1S/C16H29N3O2/c1-12(2)15-17-7-9-19(15)8-6-14(21)18-13(11-20)10-16(3,4)5/h7,9,12-13,20H,6,8,10-11H2,1-5H3,(H,18,21). The Morgan fingerprint density at radius 3 is 2.62 bits per heavy atom. The van der Waals surface area contributed by atoms with Crippen LogP contribution in [0.1, 0.15) is 59.2 Å². The highest BCUT2D eigenvalue weighted by Gasteiger charge is 2.19. The highest BCUT2D eigenvalue weighted by molar-refractivity contribution is 5.76. The minimum atomic E-state index is -0.176. The maximum absolute atomic E-state index is 12.0. The molecule has 1 amide bonds. The molecule has 1 aromatic rings. The predicted octanol–water partition coefficient (Wildman–Crippen LogP) is 2.31. The first-order chi connectivity index (χ1) is 9.73. The first-order valence-electron chi connectivity index (χ1n) is 7.64. The van der Waals surface area contributed by atoms with Gasteiger partial charge in [-0.1, -0.05) is 34.6 Å². The Hall–Kier alpha value is -1.36. The van der Waals surface area contributed by atoms with Crippen LogP contribution in [0.4, 0.5) is 0 Å². The number of nitrogens with zero attached hydrogens (tertiary/aromatic N) is 2. The van der Waals surface area contributed by atoms with E-state index in [1.165, 1.54) is 0 Å². The zero-order chi connectivity index (χ0) is 16.0. The molecule has 0 saturated heterocycles. The molecule has 0 aliphatic rings. The molecule has 2 N–H and O–H groups in total. The van der Waals surface area contributed by atoms with Gasteiger partial charge in [-0.25, -0.2) is 4.98 Å². The number of hydrogen-bond donors (Lipinski definition) is 2. The van der Waals surface area contributed by atoms with Gasteiger partial charge in [-0.3, -0.25) is 4.79 Å². The molecule has 120 valence electrons. The van der Waals surface area contributed by atoms with E-state index in [9.17, 15) is 9.90 Å². The molecule has 0 fully saturated rings. The lowest BCUT2D eigenvalue weighted by atomic mass is 9.88. The monoisotopic (exact) mass is 295 g/mol. The number of carbonyl (C=O) groups is 1.